The van der Waals surface area contributed by atoms with Gasteiger partial charge in [-0.2, -0.15) is 4.98 Å². The molecule has 0 aliphatic carbocycles. The molecule has 0 amide bonds. The Labute approximate surface area is 163 Å². The number of hydrogen-bond acceptors (Lipinski definition) is 5. The van der Waals surface area contributed by atoms with Gasteiger partial charge in [0.05, 0.1) is 19.8 Å². The molecule has 10 heteroatoms. The monoisotopic (exact) mass is 398 g/mol. The normalized spacial score (nSPS) is 17.8. The number of morpholine rings is 1. The van der Waals surface area contributed by atoms with Crippen LogP contribution in [0.5, 0.6) is 0 Å². The van der Waals surface area contributed by atoms with Crippen LogP contribution < -0.4 is 33.5 Å². The summed E-state index contributed by atoms with van der Waals surface area (Å²) in [5, 5.41) is 0. The number of fused-ring (bicyclic) bond motifs is 3. The molecule has 0 saturated carbocycles. The molecule has 0 spiro atoms. The van der Waals surface area contributed by atoms with E-state index in [9.17, 15) is 9.59 Å². The number of aromatic nitrogens is 4. The Hall–Kier alpha value is -1.84. The largest absolute Gasteiger partial charge is 1.00 e. The molecule has 2 aliphatic heterocycles. The topological polar surface area (TPSA) is 78.7 Å². The predicted molar refractivity (Wildman–Crippen MR) is 98.0 cm³/mol. The smallest absolute Gasteiger partial charge is 0.332 e. The van der Waals surface area contributed by atoms with Gasteiger partial charge < -0.3 is 31.5 Å². The van der Waals surface area contributed by atoms with E-state index in [1.807, 2.05) is 4.57 Å². The summed E-state index contributed by atoms with van der Waals surface area (Å²) in [7, 11) is 3.20. The van der Waals surface area contributed by atoms with Crippen LogP contribution in [0.4, 0.5) is 5.95 Å². The Balaban J connectivity index is 0.00000210. The first kappa shape index (κ1) is 19.9. The minimum Gasteiger partial charge on any atom is -1.00 e. The van der Waals surface area contributed by atoms with E-state index in [1.165, 1.54) is 11.6 Å². The first-order valence-electron chi connectivity index (χ1n) is 9.40. The highest BCUT2D eigenvalue weighted by Gasteiger charge is 2.25. The summed E-state index contributed by atoms with van der Waals surface area (Å²) in [5.41, 5.74) is 0.425. The van der Waals surface area contributed by atoms with Gasteiger partial charge in [-0.1, -0.05) is 0 Å². The summed E-state index contributed by atoms with van der Waals surface area (Å²) < 4.78 is 10.0. The molecule has 150 valence electrons. The zero-order valence-corrected chi connectivity index (χ0v) is 16.7. The van der Waals surface area contributed by atoms with Gasteiger partial charge in [-0.15, -0.1) is 0 Å². The van der Waals surface area contributed by atoms with Crippen LogP contribution >= 0.6 is 0 Å². The zero-order valence-electron chi connectivity index (χ0n) is 15.9. The van der Waals surface area contributed by atoms with Gasteiger partial charge in [-0.05, 0) is 6.42 Å². The minimum atomic E-state index is -0.333. The lowest BCUT2D eigenvalue weighted by Gasteiger charge is -2.30. The first-order chi connectivity index (χ1) is 12.6. The van der Waals surface area contributed by atoms with Gasteiger partial charge in [0.15, 0.2) is 11.2 Å². The van der Waals surface area contributed by atoms with E-state index in [1.54, 1.807) is 11.9 Å². The third-order valence-corrected chi connectivity index (χ3v) is 5.58. The molecule has 1 saturated heterocycles. The van der Waals surface area contributed by atoms with E-state index in [0.717, 1.165) is 75.8 Å². The van der Waals surface area contributed by atoms with Crippen LogP contribution in [0.2, 0.25) is 0 Å². The molecule has 0 bridgehead atoms. The Bertz CT molecular complexity index is 927. The van der Waals surface area contributed by atoms with Crippen molar-refractivity contribution in [3.8, 4) is 0 Å². The number of hydrogen-bond donors (Lipinski definition) is 1. The van der Waals surface area contributed by atoms with Crippen molar-refractivity contribution in [2.45, 2.75) is 19.4 Å². The molecule has 0 radical (unpaired) electrons. The summed E-state index contributed by atoms with van der Waals surface area (Å²) >= 11 is 0. The van der Waals surface area contributed by atoms with E-state index < -0.39 is 0 Å². The summed E-state index contributed by atoms with van der Waals surface area (Å²) in [6.07, 6.45) is 2.06. The van der Waals surface area contributed by atoms with Crippen molar-refractivity contribution in [3.05, 3.63) is 20.8 Å². The lowest BCUT2D eigenvalue weighted by atomic mass is 10.2. The van der Waals surface area contributed by atoms with Crippen molar-refractivity contribution in [1.29, 1.82) is 0 Å². The summed E-state index contributed by atoms with van der Waals surface area (Å²) in [6, 6.07) is 0. The van der Waals surface area contributed by atoms with Gasteiger partial charge in [-0.25, -0.2) is 4.79 Å². The number of anilines is 1. The predicted octanol–water partition coefficient (Wildman–Crippen LogP) is -5.05. The Morgan fingerprint density at radius 3 is 2.59 bits per heavy atom. The van der Waals surface area contributed by atoms with Crippen molar-refractivity contribution in [3.63, 3.8) is 0 Å². The maximum atomic E-state index is 12.6. The van der Waals surface area contributed by atoms with Crippen molar-refractivity contribution >= 4 is 17.1 Å². The molecule has 4 rings (SSSR count). The van der Waals surface area contributed by atoms with Crippen LogP contribution in [-0.4, -0.2) is 64.6 Å². The van der Waals surface area contributed by atoms with Crippen molar-refractivity contribution in [1.82, 2.24) is 18.7 Å². The van der Waals surface area contributed by atoms with Crippen molar-refractivity contribution in [2.24, 2.45) is 14.1 Å². The van der Waals surface area contributed by atoms with E-state index in [4.69, 9.17) is 4.74 Å². The molecule has 0 atom stereocenters. The SMILES string of the molecule is Cn1c(=O)c2c(nc3n2CCCN3CCC[NH+]2CCOCC2)n(C)c1=O.[Cl-]. The van der Waals surface area contributed by atoms with E-state index in [-0.39, 0.29) is 23.7 Å². The van der Waals surface area contributed by atoms with Crippen LogP contribution in [0.15, 0.2) is 9.59 Å². The maximum Gasteiger partial charge on any atom is 0.332 e. The van der Waals surface area contributed by atoms with Gasteiger partial charge in [0, 0.05) is 40.2 Å². The van der Waals surface area contributed by atoms with Gasteiger partial charge in [-0.3, -0.25) is 13.9 Å². The highest BCUT2D eigenvalue weighted by Crippen LogP contribution is 2.24. The van der Waals surface area contributed by atoms with Crippen molar-refractivity contribution < 1.29 is 22.0 Å². The van der Waals surface area contributed by atoms with E-state index >= 15 is 0 Å². The fraction of sp³-hybridized carbons (Fsp3) is 0.706. The van der Waals surface area contributed by atoms with Crippen LogP contribution in [0.3, 0.4) is 0 Å². The van der Waals surface area contributed by atoms with Gasteiger partial charge in [0.1, 0.15) is 13.1 Å². The molecule has 2 aromatic rings. The number of nitrogens with one attached hydrogen (secondary N) is 1. The molecule has 1 fully saturated rings. The van der Waals surface area contributed by atoms with Crippen LogP contribution in [0.1, 0.15) is 12.8 Å². The summed E-state index contributed by atoms with van der Waals surface area (Å²) in [4.78, 5) is 33.3. The number of halogens is 1. The third kappa shape index (κ3) is 3.51. The molecule has 2 aromatic heterocycles. The number of aryl methyl sites for hydroxylation is 2. The highest BCUT2D eigenvalue weighted by atomic mass is 35.5. The second-order valence-electron chi connectivity index (χ2n) is 7.25. The lowest BCUT2D eigenvalue weighted by Crippen LogP contribution is -3.14. The van der Waals surface area contributed by atoms with Crippen LogP contribution in [-0.2, 0) is 25.4 Å². The second-order valence-corrected chi connectivity index (χ2v) is 7.25. The second kappa shape index (κ2) is 8.04. The molecule has 9 nitrogen and oxygen atoms in total. The minimum absolute atomic E-state index is 0. The van der Waals surface area contributed by atoms with Gasteiger partial charge in [0.2, 0.25) is 5.95 Å². The lowest BCUT2D eigenvalue weighted by molar-refractivity contribution is -0.908. The Morgan fingerprint density at radius 1 is 1.11 bits per heavy atom. The van der Waals surface area contributed by atoms with Gasteiger partial charge >= 0.3 is 5.69 Å². The van der Waals surface area contributed by atoms with Crippen molar-refractivity contribution in [2.75, 3.05) is 50.8 Å². The fourth-order valence-electron chi connectivity index (χ4n) is 4.05. The number of ether oxygens (including phenoxy) is 1. The molecular weight excluding hydrogens is 372 g/mol. The van der Waals surface area contributed by atoms with Crippen LogP contribution in [0.25, 0.3) is 11.2 Å². The third-order valence-electron chi connectivity index (χ3n) is 5.58. The molecular formula is C17H27ClN6O3. The summed E-state index contributed by atoms with van der Waals surface area (Å²) in [5.74, 6) is 0.821. The van der Waals surface area contributed by atoms with Crippen LogP contribution in [0, 0.1) is 0 Å². The molecule has 2 aliphatic rings. The number of rotatable bonds is 4. The maximum absolute atomic E-state index is 12.6. The number of quaternary nitrogens is 1. The molecule has 4 heterocycles. The molecule has 0 unspecified atom stereocenters. The standard InChI is InChI=1S/C17H26N6O3.ClH/c1-19-14-13(15(24)20(2)17(19)25)23-8-4-7-22(16(23)18-14)6-3-5-21-9-11-26-12-10-21;/h3-12H2,1-2H3;1H. The molecule has 1 N–H and O–H groups in total. The number of nitrogens with zero attached hydrogens (tertiary/aromatic N) is 5. The number of imidazole rings is 1. The zero-order chi connectivity index (χ0) is 18.3. The summed E-state index contributed by atoms with van der Waals surface area (Å²) in [6.45, 7) is 7.62. The fourth-order valence-corrected chi connectivity index (χ4v) is 4.05. The average Bonchev–Trinajstić information content (AvgIpc) is 3.06. The van der Waals surface area contributed by atoms with E-state index in [2.05, 4.69) is 9.88 Å². The molecule has 27 heavy (non-hydrogen) atoms. The highest BCUT2D eigenvalue weighted by molar-refractivity contribution is 5.74. The average molecular weight is 399 g/mol. The molecule has 0 aromatic carbocycles. The van der Waals surface area contributed by atoms with E-state index in [0.29, 0.717) is 11.2 Å². The first-order valence-corrected chi connectivity index (χ1v) is 9.40. The van der Waals surface area contributed by atoms with Gasteiger partial charge in [0.25, 0.3) is 5.56 Å². The Kier molecular flexibility index (Phi) is 5.92. The Morgan fingerprint density at radius 2 is 1.85 bits per heavy atom. The quantitative estimate of drug-likeness (QED) is 0.558.